The van der Waals surface area contributed by atoms with Crippen molar-refractivity contribution >= 4 is 23.4 Å². The first kappa shape index (κ1) is 23.5. The van der Waals surface area contributed by atoms with E-state index < -0.39 is 0 Å². The lowest BCUT2D eigenvalue weighted by atomic mass is 10.3. The highest BCUT2D eigenvalue weighted by molar-refractivity contribution is 7.99. The zero-order valence-corrected chi connectivity index (χ0v) is 19.5. The molecule has 1 heterocycles. The van der Waals surface area contributed by atoms with Crippen molar-refractivity contribution in [3.8, 4) is 17.2 Å². The standard InChI is InChI=1S/C24H29N3O4S/c1-4-14-30-20-10-12-21(13-11-20)31-15-16-32-17-22(28)25-23-18(2)26(3)27(24(23)29)19-8-6-5-7-9-19/h5-13H,4,14-17H2,1-3H3,(H,25,28). The predicted octanol–water partition coefficient (Wildman–Crippen LogP) is 4.02. The average molecular weight is 456 g/mol. The molecule has 0 saturated heterocycles. The number of nitrogens with zero attached hydrogens (tertiary/aromatic N) is 2. The summed E-state index contributed by atoms with van der Waals surface area (Å²) in [5.41, 5.74) is 1.51. The number of hydrogen-bond donors (Lipinski definition) is 1. The quantitative estimate of drug-likeness (QED) is 0.442. The molecule has 0 aliphatic carbocycles. The number of benzene rings is 2. The molecule has 0 unspecified atom stereocenters. The Morgan fingerprint density at radius 2 is 1.62 bits per heavy atom. The van der Waals surface area contributed by atoms with Crippen molar-refractivity contribution in [1.29, 1.82) is 0 Å². The van der Waals surface area contributed by atoms with Crippen LogP contribution in [0.3, 0.4) is 0 Å². The highest BCUT2D eigenvalue weighted by Crippen LogP contribution is 2.18. The second kappa shape index (κ2) is 11.5. The third-order valence-corrected chi connectivity index (χ3v) is 5.77. The summed E-state index contributed by atoms with van der Waals surface area (Å²) >= 11 is 1.46. The van der Waals surface area contributed by atoms with Crippen LogP contribution in [-0.2, 0) is 11.8 Å². The molecule has 0 aliphatic rings. The van der Waals surface area contributed by atoms with E-state index in [9.17, 15) is 9.59 Å². The minimum absolute atomic E-state index is 0.210. The monoisotopic (exact) mass is 455 g/mol. The molecular weight excluding hydrogens is 426 g/mol. The van der Waals surface area contributed by atoms with Gasteiger partial charge in [0.25, 0.3) is 5.56 Å². The van der Waals surface area contributed by atoms with Crippen LogP contribution in [0.5, 0.6) is 11.5 Å². The number of carbonyl (C=O) groups is 1. The van der Waals surface area contributed by atoms with Crippen LogP contribution in [0, 0.1) is 6.92 Å². The molecule has 8 heteroatoms. The van der Waals surface area contributed by atoms with Crippen LogP contribution in [0.25, 0.3) is 5.69 Å². The van der Waals surface area contributed by atoms with Crippen molar-refractivity contribution in [2.45, 2.75) is 20.3 Å². The molecule has 0 atom stereocenters. The first-order chi connectivity index (χ1) is 15.5. The predicted molar refractivity (Wildman–Crippen MR) is 129 cm³/mol. The van der Waals surface area contributed by atoms with Crippen molar-refractivity contribution in [1.82, 2.24) is 9.36 Å². The van der Waals surface area contributed by atoms with Gasteiger partial charge in [0.15, 0.2) is 0 Å². The van der Waals surface area contributed by atoms with Gasteiger partial charge >= 0.3 is 0 Å². The van der Waals surface area contributed by atoms with E-state index in [2.05, 4.69) is 12.2 Å². The van der Waals surface area contributed by atoms with E-state index >= 15 is 0 Å². The number of carbonyl (C=O) groups excluding carboxylic acids is 1. The number of aromatic nitrogens is 2. The summed E-state index contributed by atoms with van der Waals surface area (Å²) in [7, 11) is 1.80. The van der Waals surface area contributed by atoms with Gasteiger partial charge < -0.3 is 14.8 Å². The fourth-order valence-electron chi connectivity index (χ4n) is 3.12. The number of rotatable bonds is 11. The summed E-state index contributed by atoms with van der Waals surface area (Å²) < 4.78 is 14.5. The minimum Gasteiger partial charge on any atom is -0.494 e. The first-order valence-corrected chi connectivity index (χ1v) is 11.7. The minimum atomic E-state index is -0.246. The van der Waals surface area contributed by atoms with Crippen LogP contribution in [-0.4, -0.2) is 40.0 Å². The number of amides is 1. The second-order valence-corrected chi connectivity index (χ2v) is 8.31. The summed E-state index contributed by atoms with van der Waals surface area (Å²) in [4.78, 5) is 25.2. The number of para-hydroxylation sites is 1. The van der Waals surface area contributed by atoms with Gasteiger partial charge in [0.05, 0.1) is 30.3 Å². The number of thioether (sulfide) groups is 1. The first-order valence-electron chi connectivity index (χ1n) is 10.6. The van der Waals surface area contributed by atoms with E-state index in [1.165, 1.54) is 11.8 Å². The lowest BCUT2D eigenvalue weighted by molar-refractivity contribution is -0.113. The van der Waals surface area contributed by atoms with Crippen LogP contribution in [0.1, 0.15) is 19.0 Å². The van der Waals surface area contributed by atoms with E-state index in [1.54, 1.807) is 16.4 Å². The third kappa shape index (κ3) is 5.97. The number of hydrogen-bond acceptors (Lipinski definition) is 5. The Labute approximate surface area is 192 Å². The van der Waals surface area contributed by atoms with E-state index in [1.807, 2.05) is 61.5 Å². The smallest absolute Gasteiger partial charge is 0.295 e. The maximum absolute atomic E-state index is 12.9. The number of nitrogens with one attached hydrogen (secondary N) is 1. The molecule has 0 radical (unpaired) electrons. The van der Waals surface area contributed by atoms with Crippen LogP contribution >= 0.6 is 11.8 Å². The van der Waals surface area contributed by atoms with Gasteiger partial charge in [-0.15, -0.1) is 11.8 Å². The van der Waals surface area contributed by atoms with Gasteiger partial charge in [0.1, 0.15) is 17.2 Å². The Balaban J connectivity index is 1.46. The van der Waals surface area contributed by atoms with Crippen molar-refractivity contribution in [2.75, 3.05) is 30.0 Å². The van der Waals surface area contributed by atoms with Gasteiger partial charge in [0, 0.05) is 12.8 Å². The van der Waals surface area contributed by atoms with Gasteiger partial charge in [-0.2, -0.15) is 0 Å². The zero-order chi connectivity index (χ0) is 22.9. The topological polar surface area (TPSA) is 74.5 Å². The second-order valence-electron chi connectivity index (χ2n) is 7.21. The Hall–Kier alpha value is -3.13. The summed E-state index contributed by atoms with van der Waals surface area (Å²) in [5, 5.41) is 2.77. The lowest BCUT2D eigenvalue weighted by Gasteiger charge is -2.08. The average Bonchev–Trinajstić information content (AvgIpc) is 3.02. The van der Waals surface area contributed by atoms with E-state index in [0.29, 0.717) is 30.3 Å². The maximum atomic E-state index is 12.9. The molecule has 1 amide bonds. The van der Waals surface area contributed by atoms with Gasteiger partial charge in [0.2, 0.25) is 5.91 Å². The van der Waals surface area contributed by atoms with Crippen LogP contribution in [0.2, 0.25) is 0 Å². The van der Waals surface area contributed by atoms with E-state index in [0.717, 1.165) is 23.6 Å². The van der Waals surface area contributed by atoms with Crippen LogP contribution < -0.4 is 20.3 Å². The maximum Gasteiger partial charge on any atom is 0.295 e. The normalized spacial score (nSPS) is 10.7. The van der Waals surface area contributed by atoms with Gasteiger partial charge in [-0.3, -0.25) is 14.3 Å². The molecule has 0 spiro atoms. The molecule has 170 valence electrons. The Morgan fingerprint density at radius 3 is 2.25 bits per heavy atom. The zero-order valence-electron chi connectivity index (χ0n) is 18.7. The van der Waals surface area contributed by atoms with E-state index in [4.69, 9.17) is 9.47 Å². The van der Waals surface area contributed by atoms with Gasteiger partial charge in [-0.05, 0) is 49.7 Å². The summed E-state index contributed by atoms with van der Waals surface area (Å²) in [6.45, 7) is 5.06. The highest BCUT2D eigenvalue weighted by Gasteiger charge is 2.17. The molecule has 0 saturated carbocycles. The molecule has 1 N–H and O–H groups in total. The third-order valence-electron chi connectivity index (χ3n) is 4.84. The van der Waals surface area contributed by atoms with Gasteiger partial charge in [-0.25, -0.2) is 4.68 Å². The molecule has 3 rings (SSSR count). The molecule has 32 heavy (non-hydrogen) atoms. The summed E-state index contributed by atoms with van der Waals surface area (Å²) in [5.74, 6) is 2.28. The van der Waals surface area contributed by atoms with Crippen LogP contribution in [0.15, 0.2) is 59.4 Å². The molecule has 3 aromatic rings. The Kier molecular flexibility index (Phi) is 8.44. The van der Waals surface area contributed by atoms with Crippen molar-refractivity contribution in [2.24, 2.45) is 7.05 Å². The van der Waals surface area contributed by atoms with Crippen molar-refractivity contribution < 1.29 is 14.3 Å². The number of anilines is 1. The lowest BCUT2D eigenvalue weighted by Crippen LogP contribution is -2.23. The molecule has 0 bridgehead atoms. The van der Waals surface area contributed by atoms with Crippen molar-refractivity contribution in [3.63, 3.8) is 0 Å². The summed E-state index contributed by atoms with van der Waals surface area (Å²) in [6, 6.07) is 16.9. The Bertz CT molecular complexity index is 1080. The van der Waals surface area contributed by atoms with Crippen molar-refractivity contribution in [3.05, 3.63) is 70.6 Å². The largest absolute Gasteiger partial charge is 0.494 e. The fourth-order valence-corrected chi connectivity index (χ4v) is 3.73. The Morgan fingerprint density at radius 1 is 1.00 bits per heavy atom. The molecule has 2 aromatic carbocycles. The number of ether oxygens (including phenoxy) is 2. The fraction of sp³-hybridized carbons (Fsp3) is 0.333. The SMILES string of the molecule is CCCOc1ccc(OCCSCC(=O)Nc2c(C)n(C)n(-c3ccccc3)c2=O)cc1. The summed E-state index contributed by atoms with van der Waals surface area (Å²) in [6.07, 6.45) is 0.968. The van der Waals surface area contributed by atoms with E-state index in [-0.39, 0.29) is 17.2 Å². The van der Waals surface area contributed by atoms with Crippen LogP contribution in [0.4, 0.5) is 5.69 Å². The molecule has 0 fully saturated rings. The molecule has 7 nitrogen and oxygen atoms in total. The highest BCUT2D eigenvalue weighted by atomic mass is 32.2. The molecular formula is C24H29N3O4S. The molecule has 1 aromatic heterocycles. The van der Waals surface area contributed by atoms with Gasteiger partial charge in [-0.1, -0.05) is 25.1 Å². The molecule has 0 aliphatic heterocycles.